The summed E-state index contributed by atoms with van der Waals surface area (Å²) in [5.74, 6) is 1.20. The first-order valence-corrected chi connectivity index (χ1v) is 8.54. The molecule has 112 valence electrons. The van der Waals surface area contributed by atoms with Crippen LogP contribution in [-0.2, 0) is 0 Å². The predicted octanol–water partition coefficient (Wildman–Crippen LogP) is 5.31. The zero-order valence-corrected chi connectivity index (χ0v) is 14.2. The molecule has 0 fully saturated rings. The van der Waals surface area contributed by atoms with Crippen LogP contribution < -0.4 is 4.74 Å². The van der Waals surface area contributed by atoms with Gasteiger partial charge in [0, 0.05) is 21.6 Å². The molecule has 6 heteroatoms. The van der Waals surface area contributed by atoms with Crippen molar-refractivity contribution in [2.75, 3.05) is 0 Å². The second kappa shape index (κ2) is 6.06. The average molecular weight is 384 g/mol. The highest BCUT2D eigenvalue weighted by atomic mass is 79.9. The van der Waals surface area contributed by atoms with Crippen molar-refractivity contribution in [1.29, 1.82) is 0 Å². The fourth-order valence-corrected chi connectivity index (χ4v) is 3.46. The molecule has 0 atom stereocenters. The summed E-state index contributed by atoms with van der Waals surface area (Å²) >= 11 is 5.04. The van der Waals surface area contributed by atoms with Gasteiger partial charge in [0.1, 0.15) is 16.9 Å². The number of nitrogens with zero attached hydrogens (tertiary/aromatic N) is 3. The van der Waals surface area contributed by atoms with E-state index in [4.69, 9.17) is 4.74 Å². The van der Waals surface area contributed by atoms with Crippen LogP contribution in [0.2, 0.25) is 0 Å². The minimum absolute atomic E-state index is 0.544. The summed E-state index contributed by atoms with van der Waals surface area (Å²) in [5.41, 5.74) is 2.17. The van der Waals surface area contributed by atoms with Gasteiger partial charge in [-0.1, -0.05) is 28.1 Å². The molecule has 0 aliphatic carbocycles. The van der Waals surface area contributed by atoms with Crippen molar-refractivity contribution in [3.63, 3.8) is 0 Å². The minimum Gasteiger partial charge on any atom is -0.437 e. The monoisotopic (exact) mass is 383 g/mol. The minimum atomic E-state index is 0.544. The molecule has 0 amide bonds. The van der Waals surface area contributed by atoms with Crippen LogP contribution in [0.25, 0.3) is 21.3 Å². The third-order valence-electron chi connectivity index (χ3n) is 3.34. The maximum atomic E-state index is 5.92. The van der Waals surface area contributed by atoms with E-state index in [-0.39, 0.29) is 0 Å². The summed E-state index contributed by atoms with van der Waals surface area (Å²) in [6.07, 6.45) is 4.90. The van der Waals surface area contributed by atoms with Gasteiger partial charge in [0.25, 0.3) is 0 Å². The van der Waals surface area contributed by atoms with E-state index < -0.39 is 0 Å². The number of pyridine rings is 1. The molecule has 0 aliphatic rings. The molecule has 3 aromatic heterocycles. The van der Waals surface area contributed by atoms with E-state index in [0.29, 0.717) is 11.6 Å². The Labute approximate surface area is 145 Å². The second-order valence-corrected chi connectivity index (χ2v) is 6.58. The van der Waals surface area contributed by atoms with Gasteiger partial charge in [0.15, 0.2) is 0 Å². The number of halogens is 1. The molecule has 0 saturated heterocycles. The van der Waals surface area contributed by atoms with Crippen LogP contribution in [0.15, 0.2) is 65.0 Å². The zero-order valence-electron chi connectivity index (χ0n) is 11.8. The Morgan fingerprint density at radius 1 is 1.04 bits per heavy atom. The number of benzene rings is 1. The van der Waals surface area contributed by atoms with Crippen LogP contribution in [-0.4, -0.2) is 15.0 Å². The number of fused-ring (bicyclic) bond motifs is 1. The predicted molar refractivity (Wildman–Crippen MR) is 94.9 cm³/mol. The number of ether oxygens (including phenoxy) is 1. The van der Waals surface area contributed by atoms with Crippen LogP contribution in [0.1, 0.15) is 0 Å². The highest BCUT2D eigenvalue weighted by Gasteiger charge is 2.14. The molecule has 23 heavy (non-hydrogen) atoms. The number of hydrogen-bond acceptors (Lipinski definition) is 5. The van der Waals surface area contributed by atoms with Crippen molar-refractivity contribution in [2.24, 2.45) is 0 Å². The number of rotatable bonds is 3. The van der Waals surface area contributed by atoms with E-state index in [9.17, 15) is 0 Å². The van der Waals surface area contributed by atoms with E-state index in [1.807, 2.05) is 24.3 Å². The molecular weight excluding hydrogens is 374 g/mol. The Bertz CT molecular complexity index is 955. The van der Waals surface area contributed by atoms with Gasteiger partial charge in [-0.15, -0.1) is 11.3 Å². The molecule has 0 spiro atoms. The van der Waals surface area contributed by atoms with Crippen LogP contribution in [0.4, 0.5) is 0 Å². The molecule has 0 radical (unpaired) electrons. The lowest BCUT2D eigenvalue weighted by Crippen LogP contribution is -1.91. The van der Waals surface area contributed by atoms with E-state index >= 15 is 0 Å². The summed E-state index contributed by atoms with van der Waals surface area (Å²) in [4.78, 5) is 13.6. The van der Waals surface area contributed by atoms with Crippen molar-refractivity contribution >= 4 is 37.5 Å². The highest BCUT2D eigenvalue weighted by Crippen LogP contribution is 2.39. The summed E-state index contributed by atoms with van der Waals surface area (Å²) in [6, 6.07) is 11.8. The van der Waals surface area contributed by atoms with Crippen molar-refractivity contribution < 1.29 is 4.74 Å². The van der Waals surface area contributed by atoms with Gasteiger partial charge in [-0.2, -0.15) is 0 Å². The van der Waals surface area contributed by atoms with Crippen LogP contribution in [0, 0.1) is 0 Å². The Hall–Kier alpha value is -2.31. The summed E-state index contributed by atoms with van der Waals surface area (Å²) in [5, 5.41) is 3.00. The maximum absolute atomic E-state index is 5.92. The lowest BCUT2D eigenvalue weighted by Gasteiger charge is -2.07. The lowest BCUT2D eigenvalue weighted by molar-refractivity contribution is 0.466. The van der Waals surface area contributed by atoms with Gasteiger partial charge >= 0.3 is 0 Å². The molecular formula is C17H10BrN3OS. The fraction of sp³-hybridized carbons (Fsp3) is 0. The normalized spacial score (nSPS) is 10.8. The van der Waals surface area contributed by atoms with Crippen molar-refractivity contribution in [1.82, 2.24) is 15.0 Å². The van der Waals surface area contributed by atoms with Gasteiger partial charge in [0.05, 0.1) is 11.6 Å². The molecule has 0 unspecified atom stereocenters. The Kier molecular flexibility index (Phi) is 3.77. The molecule has 0 saturated carbocycles. The van der Waals surface area contributed by atoms with Gasteiger partial charge in [-0.05, 0) is 29.8 Å². The molecule has 0 aliphatic heterocycles. The molecule has 0 N–H and O–H groups in total. The SMILES string of the molecule is Brc1ccc(-c2csc3ncnc(Oc4cccnc4)c23)cc1. The van der Waals surface area contributed by atoms with Crippen molar-refractivity contribution in [2.45, 2.75) is 0 Å². The maximum Gasteiger partial charge on any atom is 0.231 e. The molecule has 4 rings (SSSR count). The topological polar surface area (TPSA) is 47.9 Å². The fourth-order valence-electron chi connectivity index (χ4n) is 2.29. The first-order valence-electron chi connectivity index (χ1n) is 6.87. The summed E-state index contributed by atoms with van der Waals surface area (Å²) in [6.45, 7) is 0. The number of thiophene rings is 1. The number of aromatic nitrogens is 3. The van der Waals surface area contributed by atoms with Crippen molar-refractivity contribution in [3.05, 3.63) is 65.0 Å². The third kappa shape index (κ3) is 2.83. The smallest absolute Gasteiger partial charge is 0.231 e. The zero-order chi connectivity index (χ0) is 15.6. The molecule has 4 nitrogen and oxygen atoms in total. The third-order valence-corrected chi connectivity index (χ3v) is 4.75. The average Bonchev–Trinajstić information content (AvgIpc) is 3.02. The van der Waals surface area contributed by atoms with Crippen LogP contribution >= 0.6 is 27.3 Å². The lowest BCUT2D eigenvalue weighted by atomic mass is 10.1. The molecule has 4 aromatic rings. The van der Waals surface area contributed by atoms with Gasteiger partial charge in [0.2, 0.25) is 5.88 Å². The number of hydrogen-bond donors (Lipinski definition) is 0. The van der Waals surface area contributed by atoms with Crippen LogP contribution in [0.3, 0.4) is 0 Å². The van der Waals surface area contributed by atoms with Crippen LogP contribution in [0.5, 0.6) is 11.6 Å². The first kappa shape index (κ1) is 14.3. The molecule has 1 aromatic carbocycles. The van der Waals surface area contributed by atoms with Gasteiger partial charge < -0.3 is 4.74 Å². The van der Waals surface area contributed by atoms with E-state index in [2.05, 4.69) is 48.4 Å². The second-order valence-electron chi connectivity index (χ2n) is 4.81. The molecule has 0 bridgehead atoms. The Balaban J connectivity index is 1.85. The Morgan fingerprint density at radius 3 is 2.70 bits per heavy atom. The van der Waals surface area contributed by atoms with Crippen molar-refractivity contribution in [3.8, 4) is 22.8 Å². The van der Waals surface area contributed by atoms with E-state index in [0.717, 1.165) is 25.8 Å². The van der Waals surface area contributed by atoms with Gasteiger partial charge in [-0.25, -0.2) is 9.97 Å². The van der Waals surface area contributed by atoms with Gasteiger partial charge in [-0.3, -0.25) is 4.98 Å². The standard InChI is InChI=1S/C17H10BrN3OS/c18-12-5-3-11(4-6-12)14-9-23-17-15(14)16(20-10-21-17)22-13-2-1-7-19-8-13/h1-10H. The molecule has 3 heterocycles. The Morgan fingerprint density at radius 2 is 1.91 bits per heavy atom. The highest BCUT2D eigenvalue weighted by molar-refractivity contribution is 9.10. The summed E-state index contributed by atoms with van der Waals surface area (Å²) < 4.78 is 6.96. The quantitative estimate of drug-likeness (QED) is 0.480. The largest absolute Gasteiger partial charge is 0.437 e. The first-order chi connectivity index (χ1) is 11.3. The van der Waals surface area contributed by atoms with E-state index in [1.165, 1.54) is 6.33 Å². The summed E-state index contributed by atoms with van der Waals surface area (Å²) in [7, 11) is 0. The van der Waals surface area contributed by atoms with E-state index in [1.54, 1.807) is 23.7 Å².